The lowest BCUT2D eigenvalue weighted by Crippen LogP contribution is -2.32. The van der Waals surface area contributed by atoms with E-state index in [9.17, 15) is 4.79 Å². The molecular weight excluding hydrogens is 392 g/mol. The average Bonchev–Trinajstić information content (AvgIpc) is 2.72. The number of thiocarbonyl (C=S) groups is 1. The first kappa shape index (κ1) is 22.2. The highest BCUT2D eigenvalue weighted by molar-refractivity contribution is 7.80. The van der Waals surface area contributed by atoms with E-state index in [1.165, 1.54) is 6.08 Å². The predicted molar refractivity (Wildman–Crippen MR) is 117 cm³/mol. The van der Waals surface area contributed by atoms with Crippen molar-refractivity contribution in [2.45, 2.75) is 0 Å². The molecule has 0 fully saturated rings. The maximum Gasteiger partial charge on any atom is 0.250 e. The maximum atomic E-state index is 12.1. The SMILES string of the molecule is COCCOc1cccc(NC(=S)NC(=O)/C=C/c2ccc(OC)c(OC)c2)c1. The number of carbonyl (C=O) groups excluding carboxylic acids is 1. The summed E-state index contributed by atoms with van der Waals surface area (Å²) >= 11 is 5.19. The molecule has 8 heteroatoms. The van der Waals surface area contributed by atoms with Gasteiger partial charge in [0.2, 0.25) is 5.91 Å². The van der Waals surface area contributed by atoms with E-state index >= 15 is 0 Å². The second-order valence-electron chi connectivity index (χ2n) is 5.76. The number of methoxy groups -OCH3 is 3. The quantitative estimate of drug-likeness (QED) is 0.369. The largest absolute Gasteiger partial charge is 0.493 e. The lowest BCUT2D eigenvalue weighted by Gasteiger charge is -2.10. The number of benzene rings is 2. The van der Waals surface area contributed by atoms with Gasteiger partial charge >= 0.3 is 0 Å². The summed E-state index contributed by atoms with van der Waals surface area (Å²) in [6, 6.07) is 12.6. The van der Waals surface area contributed by atoms with Crippen LogP contribution in [0.2, 0.25) is 0 Å². The van der Waals surface area contributed by atoms with Crippen LogP contribution in [0, 0.1) is 0 Å². The first-order chi connectivity index (χ1) is 14.0. The zero-order valence-electron chi connectivity index (χ0n) is 16.6. The summed E-state index contributed by atoms with van der Waals surface area (Å²) in [5.74, 6) is 1.52. The molecular formula is C21H24N2O5S. The predicted octanol–water partition coefficient (Wildman–Crippen LogP) is 3.26. The first-order valence-electron chi connectivity index (χ1n) is 8.79. The monoisotopic (exact) mass is 416 g/mol. The van der Waals surface area contributed by atoms with Crippen LogP contribution < -0.4 is 24.8 Å². The molecule has 2 N–H and O–H groups in total. The van der Waals surface area contributed by atoms with Crippen LogP contribution in [0.4, 0.5) is 5.69 Å². The Morgan fingerprint density at radius 1 is 1.03 bits per heavy atom. The summed E-state index contributed by atoms with van der Waals surface area (Å²) in [6.45, 7) is 0.945. The molecule has 7 nitrogen and oxygen atoms in total. The lowest BCUT2D eigenvalue weighted by molar-refractivity contribution is -0.115. The van der Waals surface area contributed by atoms with Crippen molar-refractivity contribution >= 4 is 35.0 Å². The summed E-state index contributed by atoms with van der Waals surface area (Å²) in [6.07, 6.45) is 3.05. The molecule has 154 valence electrons. The minimum atomic E-state index is -0.357. The molecule has 0 radical (unpaired) electrons. The van der Waals surface area contributed by atoms with Crippen LogP contribution in [-0.4, -0.2) is 45.6 Å². The molecule has 0 bridgehead atoms. The van der Waals surface area contributed by atoms with E-state index in [-0.39, 0.29) is 11.0 Å². The van der Waals surface area contributed by atoms with Gasteiger partial charge in [0.15, 0.2) is 16.6 Å². The van der Waals surface area contributed by atoms with Gasteiger partial charge in [-0.25, -0.2) is 0 Å². The van der Waals surface area contributed by atoms with E-state index in [2.05, 4.69) is 10.6 Å². The van der Waals surface area contributed by atoms with Crippen molar-refractivity contribution in [3.05, 3.63) is 54.1 Å². The van der Waals surface area contributed by atoms with Crippen molar-refractivity contribution in [1.82, 2.24) is 5.32 Å². The van der Waals surface area contributed by atoms with E-state index in [0.29, 0.717) is 36.1 Å². The number of nitrogens with one attached hydrogen (secondary N) is 2. The molecule has 29 heavy (non-hydrogen) atoms. The van der Waals surface area contributed by atoms with E-state index in [1.807, 2.05) is 24.3 Å². The van der Waals surface area contributed by atoms with Crippen molar-refractivity contribution in [3.8, 4) is 17.2 Å². The molecule has 0 aliphatic carbocycles. The van der Waals surface area contributed by atoms with Crippen LogP contribution in [0.15, 0.2) is 48.5 Å². The van der Waals surface area contributed by atoms with Crippen molar-refractivity contribution in [2.75, 3.05) is 39.9 Å². The van der Waals surface area contributed by atoms with Crippen LogP contribution >= 0.6 is 12.2 Å². The van der Waals surface area contributed by atoms with Gasteiger partial charge in [0, 0.05) is 24.9 Å². The number of carbonyl (C=O) groups is 1. The zero-order chi connectivity index (χ0) is 21.1. The fourth-order valence-corrected chi connectivity index (χ4v) is 2.57. The van der Waals surface area contributed by atoms with Gasteiger partial charge in [0.25, 0.3) is 0 Å². The third-order valence-corrected chi connectivity index (χ3v) is 3.92. The summed E-state index contributed by atoms with van der Waals surface area (Å²) < 4.78 is 20.9. The molecule has 0 spiro atoms. The van der Waals surface area contributed by atoms with E-state index in [1.54, 1.807) is 45.6 Å². The van der Waals surface area contributed by atoms with Gasteiger partial charge in [0.1, 0.15) is 12.4 Å². The van der Waals surface area contributed by atoms with Gasteiger partial charge in [-0.2, -0.15) is 0 Å². The number of anilines is 1. The molecule has 1 amide bonds. The number of rotatable bonds is 9. The molecule has 0 unspecified atom stereocenters. The molecule has 2 aromatic carbocycles. The standard InChI is InChI=1S/C21H24N2O5S/c1-25-11-12-28-17-6-4-5-16(14-17)22-21(29)23-20(24)10-8-15-7-9-18(26-2)19(13-15)27-3/h4-10,13-14H,11-12H2,1-3H3,(H2,22,23,24,29)/b10-8+. The second kappa shape index (κ2) is 11.7. The molecule has 0 saturated heterocycles. The molecule has 0 aliphatic heterocycles. The molecule has 0 saturated carbocycles. The number of hydrogen-bond acceptors (Lipinski definition) is 6. The average molecular weight is 416 g/mol. The Kier molecular flexibility index (Phi) is 8.94. The highest BCUT2D eigenvalue weighted by atomic mass is 32.1. The summed E-state index contributed by atoms with van der Waals surface area (Å²) in [5.41, 5.74) is 1.49. The van der Waals surface area contributed by atoms with Crippen molar-refractivity contribution in [1.29, 1.82) is 0 Å². The second-order valence-corrected chi connectivity index (χ2v) is 6.17. The van der Waals surface area contributed by atoms with Gasteiger partial charge in [-0.05, 0) is 48.1 Å². The molecule has 0 heterocycles. The lowest BCUT2D eigenvalue weighted by atomic mass is 10.2. The zero-order valence-corrected chi connectivity index (χ0v) is 17.4. The topological polar surface area (TPSA) is 78.1 Å². The van der Waals surface area contributed by atoms with Crippen molar-refractivity contribution in [3.63, 3.8) is 0 Å². The van der Waals surface area contributed by atoms with Gasteiger partial charge in [0.05, 0.1) is 20.8 Å². The van der Waals surface area contributed by atoms with Crippen molar-refractivity contribution in [2.24, 2.45) is 0 Å². The van der Waals surface area contributed by atoms with E-state index in [0.717, 1.165) is 5.56 Å². The summed E-state index contributed by atoms with van der Waals surface area (Å²) in [7, 11) is 4.73. The molecule has 2 rings (SSSR count). The highest BCUT2D eigenvalue weighted by Gasteiger charge is 2.05. The Labute approximate surface area is 175 Å². The minimum absolute atomic E-state index is 0.181. The smallest absolute Gasteiger partial charge is 0.250 e. The van der Waals surface area contributed by atoms with Crippen LogP contribution in [-0.2, 0) is 9.53 Å². The molecule has 0 aromatic heterocycles. The van der Waals surface area contributed by atoms with Crippen molar-refractivity contribution < 1.29 is 23.7 Å². The Morgan fingerprint density at radius 3 is 2.55 bits per heavy atom. The third kappa shape index (κ3) is 7.44. The minimum Gasteiger partial charge on any atom is -0.493 e. The maximum absolute atomic E-state index is 12.1. The number of ether oxygens (including phenoxy) is 4. The summed E-state index contributed by atoms with van der Waals surface area (Å²) in [5, 5.41) is 5.73. The van der Waals surface area contributed by atoms with Gasteiger partial charge in [-0.1, -0.05) is 12.1 Å². The number of hydrogen-bond donors (Lipinski definition) is 2. The number of amides is 1. The van der Waals surface area contributed by atoms with Crippen LogP contribution in [0.25, 0.3) is 6.08 Å². The molecule has 2 aromatic rings. The Balaban J connectivity index is 1.90. The fourth-order valence-electron chi connectivity index (χ4n) is 2.35. The molecule has 0 atom stereocenters. The van der Waals surface area contributed by atoms with Crippen LogP contribution in [0.1, 0.15) is 5.56 Å². The Hall–Kier alpha value is -3.10. The Morgan fingerprint density at radius 2 is 1.83 bits per heavy atom. The third-order valence-electron chi connectivity index (χ3n) is 3.72. The van der Waals surface area contributed by atoms with Crippen LogP contribution in [0.3, 0.4) is 0 Å². The van der Waals surface area contributed by atoms with Gasteiger partial charge < -0.3 is 24.3 Å². The normalized spacial score (nSPS) is 10.4. The molecule has 0 aliphatic rings. The Bertz CT molecular complexity index is 870. The summed E-state index contributed by atoms with van der Waals surface area (Å²) in [4.78, 5) is 12.1. The fraction of sp³-hybridized carbons (Fsp3) is 0.238. The highest BCUT2D eigenvalue weighted by Crippen LogP contribution is 2.27. The van der Waals surface area contributed by atoms with E-state index in [4.69, 9.17) is 31.2 Å². The van der Waals surface area contributed by atoms with Crippen LogP contribution in [0.5, 0.6) is 17.2 Å². The van der Waals surface area contributed by atoms with Gasteiger partial charge in [-0.15, -0.1) is 0 Å². The van der Waals surface area contributed by atoms with Gasteiger partial charge in [-0.3, -0.25) is 10.1 Å². The first-order valence-corrected chi connectivity index (χ1v) is 9.20. The van der Waals surface area contributed by atoms with E-state index < -0.39 is 0 Å².